The van der Waals surface area contributed by atoms with Crippen molar-refractivity contribution in [3.8, 4) is 0 Å². The van der Waals surface area contributed by atoms with E-state index in [2.05, 4.69) is 13.5 Å². The van der Waals surface area contributed by atoms with Crippen LogP contribution in [0.15, 0.2) is 12.7 Å². The lowest BCUT2D eigenvalue weighted by atomic mass is 9.43. The first kappa shape index (κ1) is 21.0. The molecule has 10 atom stereocenters. The molecule has 7 heteroatoms. The van der Waals surface area contributed by atoms with Gasteiger partial charge in [0.05, 0.1) is 5.41 Å². The van der Waals surface area contributed by atoms with E-state index in [1.807, 2.05) is 13.8 Å². The highest BCUT2D eigenvalue weighted by atomic mass is 16.7. The van der Waals surface area contributed by atoms with E-state index < -0.39 is 52.6 Å². The molecule has 2 saturated heterocycles. The molecule has 2 saturated carbocycles. The van der Waals surface area contributed by atoms with Crippen LogP contribution >= 0.6 is 0 Å². The highest BCUT2D eigenvalue weighted by molar-refractivity contribution is 5.89. The molecule has 0 radical (unpaired) electrons. The number of hydrogen-bond acceptors (Lipinski definition) is 7. The second-order valence-electron chi connectivity index (χ2n) is 10.1. The number of esters is 1. The van der Waals surface area contributed by atoms with E-state index in [-0.39, 0.29) is 24.0 Å². The monoisotopic (exact) mass is 408 g/mol. The third-order valence-corrected chi connectivity index (χ3v) is 8.71. The fourth-order valence-corrected chi connectivity index (χ4v) is 6.69. The number of rotatable bonds is 3. The zero-order valence-corrected chi connectivity index (χ0v) is 17.8. The highest BCUT2D eigenvalue weighted by Crippen LogP contribution is 2.72. The van der Waals surface area contributed by atoms with Crippen molar-refractivity contribution < 1.29 is 34.0 Å². The van der Waals surface area contributed by atoms with Crippen LogP contribution in [0.25, 0.3) is 0 Å². The van der Waals surface area contributed by atoms with E-state index in [1.54, 1.807) is 0 Å². The minimum Gasteiger partial charge on any atom is -0.459 e. The average Bonchev–Trinajstić information content (AvgIpc) is 3.27. The Labute approximate surface area is 171 Å². The molecule has 7 nitrogen and oxygen atoms in total. The highest BCUT2D eigenvalue weighted by Gasteiger charge is 2.80. The summed E-state index contributed by atoms with van der Waals surface area (Å²) in [7, 11) is 0. The van der Waals surface area contributed by atoms with Gasteiger partial charge in [-0.1, -0.05) is 19.9 Å². The third-order valence-electron chi connectivity index (χ3n) is 8.71. The molecule has 4 rings (SSSR count). The Morgan fingerprint density at radius 2 is 2.07 bits per heavy atom. The maximum absolute atomic E-state index is 12.8. The lowest BCUT2D eigenvalue weighted by molar-refractivity contribution is -0.227. The van der Waals surface area contributed by atoms with Gasteiger partial charge in [-0.25, -0.2) is 0 Å². The zero-order valence-electron chi connectivity index (χ0n) is 17.8. The van der Waals surface area contributed by atoms with Crippen LogP contribution < -0.4 is 0 Å². The summed E-state index contributed by atoms with van der Waals surface area (Å²) in [6, 6.07) is 0. The molecule has 2 aliphatic carbocycles. The van der Waals surface area contributed by atoms with Crippen LogP contribution in [0.5, 0.6) is 0 Å². The third kappa shape index (κ3) is 2.44. The van der Waals surface area contributed by atoms with Crippen LogP contribution in [-0.4, -0.2) is 57.8 Å². The normalized spacial score (nSPS) is 53.0. The Balaban J connectivity index is 1.89. The molecule has 0 amide bonds. The fourth-order valence-electron chi connectivity index (χ4n) is 6.69. The number of aliphatic hydroxyl groups excluding tert-OH is 1. The zero-order chi connectivity index (χ0) is 21.6. The van der Waals surface area contributed by atoms with Gasteiger partial charge in [-0.3, -0.25) is 9.59 Å². The molecule has 1 spiro atoms. The molecule has 2 aliphatic heterocycles. The van der Waals surface area contributed by atoms with Crippen LogP contribution in [0, 0.1) is 22.7 Å². The van der Waals surface area contributed by atoms with Crippen LogP contribution in [0.3, 0.4) is 0 Å². The molecule has 4 aliphatic rings. The maximum atomic E-state index is 12.8. The predicted octanol–water partition coefficient (Wildman–Crippen LogP) is 1.74. The van der Waals surface area contributed by atoms with Crippen molar-refractivity contribution in [3.05, 3.63) is 12.7 Å². The second kappa shape index (κ2) is 6.13. The first-order valence-corrected chi connectivity index (χ1v) is 10.4. The van der Waals surface area contributed by atoms with Crippen molar-refractivity contribution in [2.45, 2.75) is 89.7 Å². The van der Waals surface area contributed by atoms with E-state index in [1.165, 1.54) is 19.9 Å². The summed E-state index contributed by atoms with van der Waals surface area (Å²) in [5.74, 6) is -0.932. The van der Waals surface area contributed by atoms with Gasteiger partial charge in [0.25, 0.3) is 0 Å². The smallest absolute Gasteiger partial charge is 0.303 e. The number of ketones is 1. The Hall–Kier alpha value is -1.28. The number of ether oxygens (including phenoxy) is 3. The number of epoxide rings is 1. The molecule has 29 heavy (non-hydrogen) atoms. The average molecular weight is 408 g/mol. The predicted molar refractivity (Wildman–Crippen MR) is 103 cm³/mol. The summed E-state index contributed by atoms with van der Waals surface area (Å²) >= 11 is 0. The summed E-state index contributed by atoms with van der Waals surface area (Å²) < 4.78 is 17.6. The molecular formula is C22H32O7. The summed E-state index contributed by atoms with van der Waals surface area (Å²) in [4.78, 5) is 24.9. The quantitative estimate of drug-likeness (QED) is 0.416. The van der Waals surface area contributed by atoms with Crippen molar-refractivity contribution in [2.24, 2.45) is 22.7 Å². The number of hydrogen-bond donors (Lipinski definition) is 2. The van der Waals surface area contributed by atoms with Gasteiger partial charge in [0.1, 0.15) is 29.5 Å². The Morgan fingerprint density at radius 1 is 1.41 bits per heavy atom. The van der Waals surface area contributed by atoms with Gasteiger partial charge in [-0.05, 0) is 38.5 Å². The van der Waals surface area contributed by atoms with Gasteiger partial charge in [0, 0.05) is 18.8 Å². The molecular weight excluding hydrogens is 376 g/mol. The van der Waals surface area contributed by atoms with Crippen LogP contribution in [-0.2, 0) is 23.8 Å². The van der Waals surface area contributed by atoms with Gasteiger partial charge < -0.3 is 24.4 Å². The van der Waals surface area contributed by atoms with Gasteiger partial charge in [-0.2, -0.15) is 0 Å². The lowest BCUT2D eigenvalue weighted by Crippen LogP contribution is -2.66. The molecule has 0 aromatic rings. The van der Waals surface area contributed by atoms with Crippen molar-refractivity contribution >= 4 is 11.8 Å². The van der Waals surface area contributed by atoms with Crippen LogP contribution in [0.2, 0.25) is 0 Å². The number of carbonyl (C=O) groups excluding carboxylic acids is 2. The van der Waals surface area contributed by atoms with Crippen LogP contribution in [0.1, 0.15) is 53.9 Å². The standard InChI is InChI=1S/C22H32O7/c1-7-20(5,26)16-17(27-12(3)23)22(18(25)28-16)11(2)8-9-19(4)14(22)10-13(24)15-21(19,6)29-15/h7,11,14-18,25-26H,1,8-10H2,2-6H3/t11-,14+,15-,16-,17+,18+,19-,20+,21-,22-/m0/s1. The number of aliphatic hydroxyl groups is 2. The second-order valence-corrected chi connectivity index (χ2v) is 10.1. The summed E-state index contributed by atoms with van der Waals surface area (Å²) in [6.07, 6.45) is -0.472. The van der Waals surface area contributed by atoms with E-state index in [9.17, 15) is 19.8 Å². The Bertz CT molecular complexity index is 762. The number of fused-ring (bicyclic) bond motifs is 4. The van der Waals surface area contributed by atoms with Gasteiger partial charge in [0.2, 0.25) is 0 Å². The Kier molecular flexibility index (Phi) is 4.43. The minimum atomic E-state index is -1.53. The summed E-state index contributed by atoms with van der Waals surface area (Å²) in [5, 5.41) is 22.2. The van der Waals surface area contributed by atoms with E-state index in [0.29, 0.717) is 0 Å². The van der Waals surface area contributed by atoms with Crippen LogP contribution in [0.4, 0.5) is 0 Å². The van der Waals surface area contributed by atoms with Crippen molar-refractivity contribution in [2.75, 3.05) is 0 Å². The topological polar surface area (TPSA) is 106 Å². The van der Waals surface area contributed by atoms with Crippen molar-refractivity contribution in [3.63, 3.8) is 0 Å². The molecule has 0 unspecified atom stereocenters. The largest absolute Gasteiger partial charge is 0.459 e. The minimum absolute atomic E-state index is 0.0103. The van der Waals surface area contributed by atoms with Gasteiger partial charge in [-0.15, -0.1) is 6.58 Å². The van der Waals surface area contributed by atoms with Crippen molar-refractivity contribution in [1.29, 1.82) is 0 Å². The number of Topliss-reactive ketones (excluding diaryl/α,β-unsaturated/α-hetero) is 1. The molecule has 162 valence electrons. The molecule has 2 heterocycles. The van der Waals surface area contributed by atoms with Gasteiger partial charge in [0.15, 0.2) is 12.1 Å². The first-order valence-electron chi connectivity index (χ1n) is 10.4. The van der Waals surface area contributed by atoms with Gasteiger partial charge >= 0.3 is 5.97 Å². The summed E-state index contributed by atoms with van der Waals surface area (Å²) in [5.41, 5.74) is -3.55. The van der Waals surface area contributed by atoms with E-state index in [0.717, 1.165) is 12.8 Å². The lowest BCUT2D eigenvalue weighted by Gasteiger charge is -2.60. The maximum Gasteiger partial charge on any atom is 0.303 e. The molecule has 0 aromatic carbocycles. The SMILES string of the molecule is C=C[C@@](C)(O)[C@H]1O[C@@H](O)[C@@]2([C@@H]1OC(C)=O)[C@@H](C)CC[C@@]1(C)[C@H]2CC(=O)[C@@H]2O[C@@]21C. The fraction of sp³-hybridized carbons (Fsp3) is 0.818. The van der Waals surface area contributed by atoms with E-state index in [4.69, 9.17) is 14.2 Å². The molecule has 4 fully saturated rings. The first-order chi connectivity index (χ1) is 13.4. The van der Waals surface area contributed by atoms with E-state index >= 15 is 0 Å². The Morgan fingerprint density at radius 3 is 2.66 bits per heavy atom. The number of carbonyl (C=O) groups is 2. The summed E-state index contributed by atoms with van der Waals surface area (Å²) in [6.45, 7) is 12.6. The van der Waals surface area contributed by atoms with Crippen molar-refractivity contribution in [1.82, 2.24) is 0 Å². The molecule has 0 aromatic heterocycles. The molecule has 2 N–H and O–H groups in total. The molecule has 0 bridgehead atoms.